The van der Waals surface area contributed by atoms with Crippen molar-refractivity contribution in [3.63, 3.8) is 0 Å². The molecular formula is C10H10F3N5. The smallest absolute Gasteiger partial charge is 0.384 e. The highest BCUT2D eigenvalue weighted by Gasteiger charge is 2.35. The second-order valence-corrected chi connectivity index (χ2v) is 3.53. The Morgan fingerprint density at radius 3 is 2.67 bits per heavy atom. The number of anilines is 1. The first kappa shape index (κ1) is 12.3. The average Bonchev–Trinajstić information content (AvgIpc) is 2.74. The summed E-state index contributed by atoms with van der Waals surface area (Å²) < 4.78 is 39.2. The summed E-state index contributed by atoms with van der Waals surface area (Å²) in [7, 11) is 0. The Morgan fingerprint density at radius 2 is 2.06 bits per heavy atom. The highest BCUT2D eigenvalue weighted by molar-refractivity contribution is 5.57. The lowest BCUT2D eigenvalue weighted by Gasteiger charge is -2.09. The third-order valence-electron chi connectivity index (χ3n) is 2.28. The Bertz CT molecular complexity index is 561. The lowest BCUT2D eigenvalue weighted by Crippen LogP contribution is -2.13. The summed E-state index contributed by atoms with van der Waals surface area (Å²) in [4.78, 5) is 6.66. The lowest BCUT2D eigenvalue weighted by molar-refractivity contribution is -0.144. The Balaban J connectivity index is 2.56. The van der Waals surface area contributed by atoms with Crippen LogP contribution in [-0.2, 0) is 12.7 Å². The summed E-state index contributed by atoms with van der Waals surface area (Å²) in [6.45, 7) is 2.35. The maximum atomic E-state index is 12.6. The molecule has 0 saturated carbocycles. The van der Waals surface area contributed by atoms with Crippen LogP contribution in [0.15, 0.2) is 18.3 Å². The van der Waals surface area contributed by atoms with Crippen molar-refractivity contribution in [3.05, 3.63) is 24.2 Å². The quantitative estimate of drug-likeness (QED) is 0.892. The fourth-order valence-corrected chi connectivity index (χ4v) is 1.53. The number of alkyl halides is 3. The zero-order chi connectivity index (χ0) is 13.3. The maximum Gasteiger partial charge on any atom is 0.451 e. The molecule has 0 radical (unpaired) electrons. The fraction of sp³-hybridized carbons (Fsp3) is 0.300. The number of nitrogens with two attached hydrogens (primary N) is 1. The molecule has 5 nitrogen and oxygen atoms in total. The topological polar surface area (TPSA) is 69.6 Å². The Hall–Kier alpha value is -2.12. The van der Waals surface area contributed by atoms with Gasteiger partial charge < -0.3 is 5.73 Å². The number of nitrogens with zero attached hydrogens (tertiary/aromatic N) is 4. The van der Waals surface area contributed by atoms with E-state index in [1.165, 1.54) is 16.9 Å². The van der Waals surface area contributed by atoms with E-state index in [1.54, 1.807) is 6.07 Å². The number of nitrogen functional groups attached to an aromatic ring is 1. The largest absolute Gasteiger partial charge is 0.451 e. The number of halogens is 3. The molecular weight excluding hydrogens is 247 g/mol. The van der Waals surface area contributed by atoms with Crippen LogP contribution in [0.4, 0.5) is 19.0 Å². The molecule has 0 aliphatic heterocycles. The highest BCUT2D eigenvalue weighted by atomic mass is 19.4. The summed E-state index contributed by atoms with van der Waals surface area (Å²) in [5, 5.41) is 3.97. The highest BCUT2D eigenvalue weighted by Crippen LogP contribution is 2.29. The van der Waals surface area contributed by atoms with E-state index in [-0.39, 0.29) is 11.5 Å². The zero-order valence-corrected chi connectivity index (χ0v) is 9.44. The standard InChI is InChI=1S/C10H10F3N5/c1-2-18-7(3-4-15-18)6-5-8(14)17-9(16-6)10(11,12)13/h3-5H,2H2,1H3,(H2,14,16,17). The first-order valence-corrected chi connectivity index (χ1v) is 5.15. The molecule has 0 bridgehead atoms. The number of aryl methyl sites for hydroxylation is 1. The summed E-state index contributed by atoms with van der Waals surface area (Å²) in [5.74, 6) is -1.47. The molecule has 18 heavy (non-hydrogen) atoms. The molecule has 0 atom stereocenters. The fourth-order valence-electron chi connectivity index (χ4n) is 1.53. The molecule has 0 spiro atoms. The van der Waals surface area contributed by atoms with Gasteiger partial charge in [0.2, 0.25) is 5.82 Å². The molecule has 2 rings (SSSR count). The molecule has 0 saturated heterocycles. The van der Waals surface area contributed by atoms with Crippen molar-refractivity contribution in [2.24, 2.45) is 0 Å². The molecule has 8 heteroatoms. The molecule has 96 valence electrons. The van der Waals surface area contributed by atoms with E-state index in [0.717, 1.165) is 0 Å². The van der Waals surface area contributed by atoms with Crippen molar-refractivity contribution >= 4 is 5.82 Å². The number of aromatic nitrogens is 4. The minimum Gasteiger partial charge on any atom is -0.384 e. The van der Waals surface area contributed by atoms with Gasteiger partial charge in [-0.25, -0.2) is 9.97 Å². The summed E-state index contributed by atoms with van der Waals surface area (Å²) >= 11 is 0. The van der Waals surface area contributed by atoms with E-state index >= 15 is 0 Å². The van der Waals surface area contributed by atoms with E-state index in [0.29, 0.717) is 12.2 Å². The van der Waals surface area contributed by atoms with Gasteiger partial charge in [0.05, 0.1) is 11.4 Å². The van der Waals surface area contributed by atoms with E-state index in [9.17, 15) is 13.2 Å². The van der Waals surface area contributed by atoms with Gasteiger partial charge in [-0.2, -0.15) is 18.3 Å². The van der Waals surface area contributed by atoms with Crippen LogP contribution in [0.5, 0.6) is 0 Å². The van der Waals surface area contributed by atoms with Crippen molar-refractivity contribution in [1.82, 2.24) is 19.7 Å². The van der Waals surface area contributed by atoms with Gasteiger partial charge in [0.15, 0.2) is 0 Å². The molecule has 2 heterocycles. The van der Waals surface area contributed by atoms with Gasteiger partial charge >= 0.3 is 6.18 Å². The van der Waals surface area contributed by atoms with Crippen LogP contribution in [0, 0.1) is 0 Å². The van der Waals surface area contributed by atoms with Crippen molar-refractivity contribution < 1.29 is 13.2 Å². The Kier molecular flexibility index (Phi) is 2.93. The molecule has 2 N–H and O–H groups in total. The first-order valence-electron chi connectivity index (χ1n) is 5.15. The van der Waals surface area contributed by atoms with Gasteiger partial charge in [-0.3, -0.25) is 4.68 Å². The van der Waals surface area contributed by atoms with Crippen LogP contribution in [0.1, 0.15) is 12.7 Å². The number of hydrogen-bond acceptors (Lipinski definition) is 4. The van der Waals surface area contributed by atoms with Gasteiger partial charge in [-0.1, -0.05) is 0 Å². The number of rotatable bonds is 2. The third kappa shape index (κ3) is 2.27. The minimum atomic E-state index is -4.62. The van der Waals surface area contributed by atoms with Gasteiger partial charge in [-0.15, -0.1) is 0 Å². The van der Waals surface area contributed by atoms with Crippen LogP contribution in [0.3, 0.4) is 0 Å². The Morgan fingerprint density at radius 1 is 1.33 bits per heavy atom. The van der Waals surface area contributed by atoms with Gasteiger partial charge in [0, 0.05) is 18.8 Å². The van der Waals surface area contributed by atoms with E-state index < -0.39 is 12.0 Å². The predicted molar refractivity (Wildman–Crippen MR) is 58.3 cm³/mol. The molecule has 0 amide bonds. The van der Waals surface area contributed by atoms with Crippen LogP contribution >= 0.6 is 0 Å². The monoisotopic (exact) mass is 257 g/mol. The van der Waals surface area contributed by atoms with Crippen LogP contribution < -0.4 is 5.73 Å². The van der Waals surface area contributed by atoms with E-state index in [1.807, 2.05) is 6.92 Å². The molecule has 0 aliphatic carbocycles. The first-order chi connectivity index (χ1) is 8.41. The van der Waals surface area contributed by atoms with Gasteiger partial charge in [-0.05, 0) is 13.0 Å². The van der Waals surface area contributed by atoms with Crippen molar-refractivity contribution in [2.45, 2.75) is 19.6 Å². The summed E-state index contributed by atoms with van der Waals surface area (Å²) in [5.41, 5.74) is 5.95. The maximum absolute atomic E-state index is 12.6. The second-order valence-electron chi connectivity index (χ2n) is 3.53. The molecule has 2 aromatic heterocycles. The summed E-state index contributed by atoms with van der Waals surface area (Å²) in [6.07, 6.45) is -3.13. The van der Waals surface area contributed by atoms with Crippen molar-refractivity contribution in [2.75, 3.05) is 5.73 Å². The van der Waals surface area contributed by atoms with Gasteiger partial charge in [0.1, 0.15) is 5.82 Å². The second kappa shape index (κ2) is 4.28. The lowest BCUT2D eigenvalue weighted by atomic mass is 10.3. The molecule has 0 unspecified atom stereocenters. The molecule has 0 aliphatic rings. The SMILES string of the molecule is CCn1nccc1-c1cc(N)nc(C(F)(F)F)n1. The number of hydrogen-bond donors (Lipinski definition) is 1. The van der Waals surface area contributed by atoms with E-state index in [2.05, 4.69) is 15.1 Å². The zero-order valence-electron chi connectivity index (χ0n) is 9.44. The predicted octanol–water partition coefficient (Wildman–Crippen LogP) is 1.96. The molecule has 2 aromatic rings. The molecule has 0 aromatic carbocycles. The Labute approximate surface area is 100 Å². The van der Waals surface area contributed by atoms with Crippen molar-refractivity contribution in [1.29, 1.82) is 0 Å². The average molecular weight is 257 g/mol. The summed E-state index contributed by atoms with van der Waals surface area (Å²) in [6, 6.07) is 2.86. The molecule has 0 fully saturated rings. The van der Waals surface area contributed by atoms with E-state index in [4.69, 9.17) is 5.73 Å². The van der Waals surface area contributed by atoms with Crippen LogP contribution in [0.25, 0.3) is 11.4 Å². The van der Waals surface area contributed by atoms with Gasteiger partial charge in [0.25, 0.3) is 0 Å². The third-order valence-corrected chi connectivity index (χ3v) is 2.28. The van der Waals surface area contributed by atoms with Crippen molar-refractivity contribution in [3.8, 4) is 11.4 Å². The van der Waals surface area contributed by atoms with Crippen LogP contribution in [-0.4, -0.2) is 19.7 Å². The normalized spacial score (nSPS) is 11.8. The minimum absolute atomic E-state index is 0.106. The van der Waals surface area contributed by atoms with Crippen LogP contribution in [0.2, 0.25) is 0 Å².